The second-order valence-electron chi connectivity index (χ2n) is 5.24. The van der Waals surface area contributed by atoms with Gasteiger partial charge in [-0.1, -0.05) is 11.2 Å². The van der Waals surface area contributed by atoms with Crippen molar-refractivity contribution in [3.05, 3.63) is 35.5 Å². The molecule has 1 aromatic heterocycles. The van der Waals surface area contributed by atoms with Crippen molar-refractivity contribution in [2.24, 2.45) is 0 Å². The third kappa shape index (κ3) is 2.14. The summed E-state index contributed by atoms with van der Waals surface area (Å²) in [6.07, 6.45) is 2.06. The first-order valence-corrected chi connectivity index (χ1v) is 6.44. The number of nitrogens with one attached hydrogen (secondary N) is 1. The summed E-state index contributed by atoms with van der Waals surface area (Å²) >= 11 is 0. The van der Waals surface area contributed by atoms with Crippen LogP contribution < -0.4 is 5.32 Å². The monoisotopic (exact) mass is 261 g/mol. The molecule has 1 atom stereocenters. The van der Waals surface area contributed by atoms with Crippen molar-refractivity contribution in [1.29, 1.82) is 0 Å². The molecular weight excluding hydrogens is 245 g/mol. The van der Waals surface area contributed by atoms with E-state index in [2.05, 4.69) is 22.4 Å². The molecule has 0 bridgehead atoms. The second kappa shape index (κ2) is 4.42. The molecule has 1 unspecified atom stereocenters. The van der Waals surface area contributed by atoms with Gasteiger partial charge in [-0.15, -0.1) is 0 Å². The van der Waals surface area contributed by atoms with E-state index >= 15 is 0 Å². The number of hydrogen-bond acceptors (Lipinski definition) is 4. The average molecular weight is 261 g/mol. The maximum absolute atomic E-state index is 13.3. The number of rotatable bonds is 2. The van der Waals surface area contributed by atoms with Gasteiger partial charge in [0.2, 0.25) is 11.7 Å². The Kier molecular flexibility index (Phi) is 2.86. The standard InChI is InChI=1S/C14H16FN3O/c1-9-4-5-10(15)8-11(9)12-17-13(19-18-12)14(2)6-3-7-16-14/h4-5,8,16H,3,6-7H2,1-2H3. The summed E-state index contributed by atoms with van der Waals surface area (Å²) in [6.45, 7) is 4.91. The summed E-state index contributed by atoms with van der Waals surface area (Å²) in [5, 5.41) is 7.36. The van der Waals surface area contributed by atoms with Crippen LogP contribution in [0.4, 0.5) is 4.39 Å². The van der Waals surface area contributed by atoms with E-state index in [1.807, 2.05) is 6.92 Å². The van der Waals surface area contributed by atoms with Crippen LogP contribution in [0, 0.1) is 12.7 Å². The van der Waals surface area contributed by atoms with Crippen LogP contribution in [0.2, 0.25) is 0 Å². The molecule has 1 aliphatic heterocycles. The highest BCUT2D eigenvalue weighted by molar-refractivity contribution is 5.59. The number of aryl methyl sites for hydroxylation is 1. The summed E-state index contributed by atoms with van der Waals surface area (Å²) in [4.78, 5) is 4.43. The van der Waals surface area contributed by atoms with E-state index in [1.54, 1.807) is 6.07 Å². The lowest BCUT2D eigenvalue weighted by Crippen LogP contribution is -2.33. The van der Waals surface area contributed by atoms with Gasteiger partial charge in [0.1, 0.15) is 5.82 Å². The smallest absolute Gasteiger partial charge is 0.246 e. The highest BCUT2D eigenvalue weighted by Crippen LogP contribution is 2.31. The average Bonchev–Trinajstić information content (AvgIpc) is 3.02. The van der Waals surface area contributed by atoms with Crippen molar-refractivity contribution in [1.82, 2.24) is 15.5 Å². The molecule has 4 nitrogen and oxygen atoms in total. The molecule has 1 aromatic carbocycles. The minimum absolute atomic E-state index is 0.257. The molecule has 0 amide bonds. The Labute approximate surface area is 111 Å². The molecule has 2 aromatic rings. The Bertz CT molecular complexity index is 602. The van der Waals surface area contributed by atoms with E-state index in [0.29, 0.717) is 17.3 Å². The highest BCUT2D eigenvalue weighted by Gasteiger charge is 2.35. The number of benzene rings is 1. The molecule has 0 saturated carbocycles. The molecule has 0 radical (unpaired) electrons. The van der Waals surface area contributed by atoms with Crippen molar-refractivity contribution in [3.63, 3.8) is 0 Å². The first kappa shape index (κ1) is 12.3. The predicted octanol–water partition coefficient (Wildman–Crippen LogP) is 2.78. The quantitative estimate of drug-likeness (QED) is 0.903. The molecule has 0 aliphatic carbocycles. The summed E-state index contributed by atoms with van der Waals surface area (Å²) < 4.78 is 18.7. The lowest BCUT2D eigenvalue weighted by molar-refractivity contribution is 0.275. The Morgan fingerprint density at radius 2 is 2.26 bits per heavy atom. The van der Waals surface area contributed by atoms with Gasteiger partial charge in [0, 0.05) is 5.56 Å². The molecule has 1 N–H and O–H groups in total. The number of aromatic nitrogens is 2. The van der Waals surface area contributed by atoms with Gasteiger partial charge in [-0.25, -0.2) is 4.39 Å². The third-order valence-corrected chi connectivity index (χ3v) is 3.71. The molecule has 3 rings (SSSR count). The minimum atomic E-state index is -0.294. The summed E-state index contributed by atoms with van der Waals surface area (Å²) in [6, 6.07) is 4.59. The highest BCUT2D eigenvalue weighted by atomic mass is 19.1. The van der Waals surface area contributed by atoms with Crippen LogP contribution in [0.1, 0.15) is 31.2 Å². The molecule has 0 spiro atoms. The zero-order valence-corrected chi connectivity index (χ0v) is 11.0. The molecule has 1 saturated heterocycles. The molecule has 1 fully saturated rings. The zero-order chi connectivity index (χ0) is 13.5. The SMILES string of the molecule is Cc1ccc(F)cc1-c1noc(C2(C)CCCN2)n1. The summed E-state index contributed by atoms with van der Waals surface area (Å²) in [5.41, 5.74) is 1.35. The van der Waals surface area contributed by atoms with Crippen molar-refractivity contribution in [2.45, 2.75) is 32.2 Å². The molecule has 19 heavy (non-hydrogen) atoms. The first-order chi connectivity index (χ1) is 9.08. The van der Waals surface area contributed by atoms with Crippen LogP contribution >= 0.6 is 0 Å². The fourth-order valence-electron chi connectivity index (χ4n) is 2.47. The minimum Gasteiger partial charge on any atom is -0.337 e. The van der Waals surface area contributed by atoms with Gasteiger partial charge in [-0.05, 0) is 50.9 Å². The van der Waals surface area contributed by atoms with Crippen LogP contribution in [0.5, 0.6) is 0 Å². The van der Waals surface area contributed by atoms with E-state index in [1.165, 1.54) is 12.1 Å². The maximum atomic E-state index is 13.3. The zero-order valence-electron chi connectivity index (χ0n) is 11.0. The van der Waals surface area contributed by atoms with Crippen LogP contribution in [-0.4, -0.2) is 16.7 Å². The second-order valence-corrected chi connectivity index (χ2v) is 5.24. The van der Waals surface area contributed by atoms with Gasteiger partial charge in [0.05, 0.1) is 5.54 Å². The van der Waals surface area contributed by atoms with Crippen molar-refractivity contribution in [3.8, 4) is 11.4 Å². The predicted molar refractivity (Wildman–Crippen MR) is 69.0 cm³/mol. The summed E-state index contributed by atoms with van der Waals surface area (Å²) in [5.74, 6) is 0.725. The Morgan fingerprint density at radius 1 is 1.42 bits per heavy atom. The van der Waals surface area contributed by atoms with Crippen molar-refractivity contribution in [2.75, 3.05) is 6.54 Å². The van der Waals surface area contributed by atoms with Crippen molar-refractivity contribution < 1.29 is 8.91 Å². The molecular formula is C14H16FN3O. The Hall–Kier alpha value is -1.75. The van der Waals surface area contributed by atoms with Crippen molar-refractivity contribution >= 4 is 0 Å². The van der Waals surface area contributed by atoms with E-state index < -0.39 is 0 Å². The van der Waals surface area contributed by atoms with E-state index in [-0.39, 0.29) is 11.4 Å². The van der Waals surface area contributed by atoms with Gasteiger partial charge < -0.3 is 9.84 Å². The molecule has 2 heterocycles. The van der Waals surface area contributed by atoms with E-state index in [9.17, 15) is 4.39 Å². The van der Waals surface area contributed by atoms with Crippen LogP contribution in [0.25, 0.3) is 11.4 Å². The van der Waals surface area contributed by atoms with Crippen LogP contribution in [-0.2, 0) is 5.54 Å². The summed E-state index contributed by atoms with van der Waals surface area (Å²) in [7, 11) is 0. The Balaban J connectivity index is 1.99. The fourth-order valence-corrected chi connectivity index (χ4v) is 2.47. The van der Waals surface area contributed by atoms with Gasteiger partial charge in [-0.3, -0.25) is 0 Å². The molecule has 5 heteroatoms. The van der Waals surface area contributed by atoms with Crippen LogP contribution in [0.15, 0.2) is 22.7 Å². The lowest BCUT2D eigenvalue weighted by atomic mass is 10.0. The fraction of sp³-hybridized carbons (Fsp3) is 0.429. The van der Waals surface area contributed by atoms with E-state index in [0.717, 1.165) is 24.9 Å². The number of hydrogen-bond donors (Lipinski definition) is 1. The first-order valence-electron chi connectivity index (χ1n) is 6.44. The molecule has 100 valence electrons. The van der Waals surface area contributed by atoms with Gasteiger partial charge in [0.15, 0.2) is 0 Å². The van der Waals surface area contributed by atoms with Gasteiger partial charge in [-0.2, -0.15) is 4.98 Å². The number of nitrogens with zero attached hydrogens (tertiary/aromatic N) is 2. The topological polar surface area (TPSA) is 51.0 Å². The lowest BCUT2D eigenvalue weighted by Gasteiger charge is -2.18. The largest absolute Gasteiger partial charge is 0.337 e. The van der Waals surface area contributed by atoms with Gasteiger partial charge in [0.25, 0.3) is 0 Å². The third-order valence-electron chi connectivity index (χ3n) is 3.71. The maximum Gasteiger partial charge on any atom is 0.246 e. The van der Waals surface area contributed by atoms with Gasteiger partial charge >= 0.3 is 0 Å². The normalized spacial score (nSPS) is 22.9. The molecule has 1 aliphatic rings. The van der Waals surface area contributed by atoms with E-state index in [4.69, 9.17) is 4.52 Å². The Morgan fingerprint density at radius 3 is 3.00 bits per heavy atom. The number of halogens is 1. The van der Waals surface area contributed by atoms with Crippen LogP contribution in [0.3, 0.4) is 0 Å².